The summed E-state index contributed by atoms with van der Waals surface area (Å²) < 4.78 is 1.28. The molecular weight excluding hydrogens is 486 g/mol. The van der Waals surface area contributed by atoms with Gasteiger partial charge in [-0.25, -0.2) is 0 Å². The molecule has 0 aliphatic heterocycles. The van der Waals surface area contributed by atoms with Gasteiger partial charge in [0.1, 0.15) is 7.85 Å². The average Bonchev–Trinajstić information content (AvgIpc) is 3.10. The van der Waals surface area contributed by atoms with E-state index in [4.69, 9.17) is 0 Å². The molecule has 0 nitrogen and oxygen atoms in total. The molecule has 5 aromatic carbocycles. The van der Waals surface area contributed by atoms with E-state index in [1.54, 1.807) is 0 Å². The quantitative estimate of drug-likeness (QED) is 0.175. The first-order valence-corrected chi connectivity index (χ1v) is 11.8. The number of hydrogen-bond acceptors (Lipinski definition) is 0. The molecule has 0 bridgehead atoms. The molecule has 144 valence electrons. The Morgan fingerprint density at radius 1 is 0.548 bits per heavy atom. The third-order valence-electron chi connectivity index (χ3n) is 7.29. The summed E-state index contributed by atoms with van der Waals surface area (Å²) in [6.07, 6.45) is 0. The second kappa shape index (κ2) is 6.11. The van der Waals surface area contributed by atoms with Crippen molar-refractivity contribution in [2.75, 3.05) is 0 Å². The van der Waals surface area contributed by atoms with Gasteiger partial charge in [0.05, 0.1) is 5.41 Å². The van der Waals surface area contributed by atoms with Gasteiger partial charge in [-0.3, -0.25) is 0 Å². The van der Waals surface area contributed by atoms with Gasteiger partial charge >= 0.3 is 0 Å². The zero-order valence-corrected chi connectivity index (χ0v) is 19.3. The first kappa shape index (κ1) is 17.8. The van der Waals surface area contributed by atoms with E-state index >= 15 is 0 Å². The van der Waals surface area contributed by atoms with Crippen molar-refractivity contribution in [2.45, 2.75) is 5.41 Å². The maximum absolute atomic E-state index is 2.47. The van der Waals surface area contributed by atoms with Crippen molar-refractivity contribution in [2.24, 2.45) is 0 Å². The van der Waals surface area contributed by atoms with Crippen molar-refractivity contribution in [1.82, 2.24) is 0 Å². The lowest BCUT2D eigenvalue weighted by Gasteiger charge is -2.40. The van der Waals surface area contributed by atoms with Gasteiger partial charge in [0, 0.05) is 3.57 Å². The van der Waals surface area contributed by atoms with Gasteiger partial charge in [-0.1, -0.05) is 90.4 Å². The summed E-state index contributed by atoms with van der Waals surface area (Å²) in [6, 6.07) is 36.5. The molecule has 1 spiro atoms. The van der Waals surface area contributed by atoms with Crippen LogP contribution >= 0.6 is 22.6 Å². The summed E-state index contributed by atoms with van der Waals surface area (Å²) in [6.45, 7) is 0. The van der Waals surface area contributed by atoms with Crippen LogP contribution in [0.4, 0.5) is 0 Å². The molecule has 0 radical (unpaired) electrons. The highest BCUT2D eigenvalue weighted by molar-refractivity contribution is 14.1. The third-order valence-corrected chi connectivity index (χ3v) is 7.96. The van der Waals surface area contributed by atoms with E-state index in [0.717, 1.165) is 0 Å². The Morgan fingerprint density at radius 2 is 1.16 bits per heavy atom. The first-order valence-electron chi connectivity index (χ1n) is 10.7. The van der Waals surface area contributed by atoms with Gasteiger partial charge in [0.2, 0.25) is 0 Å². The molecule has 0 fully saturated rings. The Balaban J connectivity index is 1.81. The molecule has 31 heavy (non-hydrogen) atoms. The van der Waals surface area contributed by atoms with Crippen molar-refractivity contribution in [3.8, 4) is 22.3 Å². The summed E-state index contributed by atoms with van der Waals surface area (Å²) in [7, 11) is 2.23. The van der Waals surface area contributed by atoms with Gasteiger partial charge < -0.3 is 0 Å². The highest BCUT2D eigenvalue weighted by atomic mass is 127. The molecule has 0 unspecified atom stereocenters. The molecule has 2 aliphatic rings. The molecule has 5 aromatic rings. The van der Waals surface area contributed by atoms with Crippen LogP contribution in [0.1, 0.15) is 22.3 Å². The molecule has 0 N–H and O–H groups in total. The minimum Gasteiger partial charge on any atom is -0.0812 e. The van der Waals surface area contributed by atoms with E-state index in [-0.39, 0.29) is 5.41 Å². The van der Waals surface area contributed by atoms with Crippen molar-refractivity contribution in [3.05, 3.63) is 123 Å². The fraction of sp³-hybridized carbons (Fsp3) is 0.0345. The molecule has 0 heterocycles. The summed E-state index contributed by atoms with van der Waals surface area (Å²) in [4.78, 5) is 0. The molecule has 0 aromatic heterocycles. The second-order valence-electron chi connectivity index (χ2n) is 8.69. The summed E-state index contributed by atoms with van der Waals surface area (Å²) in [5.74, 6) is 0. The smallest absolute Gasteiger partial charge is 0.0812 e. The van der Waals surface area contributed by atoms with Crippen molar-refractivity contribution in [1.29, 1.82) is 0 Å². The van der Waals surface area contributed by atoms with E-state index in [1.807, 2.05) is 0 Å². The first-order chi connectivity index (χ1) is 15.2. The van der Waals surface area contributed by atoms with E-state index in [9.17, 15) is 0 Å². The lowest BCUT2D eigenvalue weighted by Crippen LogP contribution is -2.32. The fourth-order valence-corrected chi connectivity index (χ4v) is 6.60. The monoisotopic (exact) mass is 504 g/mol. The zero-order valence-electron chi connectivity index (χ0n) is 17.1. The van der Waals surface area contributed by atoms with Crippen LogP contribution in [0, 0.1) is 3.57 Å². The van der Waals surface area contributed by atoms with E-state index in [1.165, 1.54) is 64.3 Å². The van der Waals surface area contributed by atoms with Gasteiger partial charge in [-0.05, 0) is 90.0 Å². The Labute approximate surface area is 196 Å². The van der Waals surface area contributed by atoms with E-state index in [2.05, 4.69) is 127 Å². The van der Waals surface area contributed by atoms with Crippen LogP contribution < -0.4 is 5.46 Å². The summed E-state index contributed by atoms with van der Waals surface area (Å²) in [5.41, 5.74) is 12.1. The van der Waals surface area contributed by atoms with E-state index in [0.29, 0.717) is 0 Å². The number of hydrogen-bond donors (Lipinski definition) is 0. The van der Waals surface area contributed by atoms with Crippen molar-refractivity contribution < 1.29 is 0 Å². The molecule has 2 aliphatic carbocycles. The normalized spacial score (nSPS) is 14.4. The highest BCUT2D eigenvalue weighted by Crippen LogP contribution is 2.61. The molecule has 0 atom stereocenters. The van der Waals surface area contributed by atoms with Crippen LogP contribution in [0.25, 0.3) is 33.0 Å². The van der Waals surface area contributed by atoms with Gasteiger partial charge in [-0.15, -0.1) is 0 Å². The van der Waals surface area contributed by atoms with Crippen molar-refractivity contribution >= 4 is 46.7 Å². The van der Waals surface area contributed by atoms with Crippen LogP contribution in [0.15, 0.2) is 97.1 Å². The molecule has 0 saturated heterocycles. The summed E-state index contributed by atoms with van der Waals surface area (Å²) >= 11 is 2.47. The number of benzene rings is 5. The van der Waals surface area contributed by atoms with Crippen LogP contribution in [0.3, 0.4) is 0 Å². The summed E-state index contributed by atoms with van der Waals surface area (Å²) in [5, 5.41) is 2.77. The molecule has 7 rings (SSSR count). The largest absolute Gasteiger partial charge is 0.140 e. The molecule has 0 saturated carbocycles. The van der Waals surface area contributed by atoms with Crippen LogP contribution in [0.2, 0.25) is 0 Å². The predicted molar refractivity (Wildman–Crippen MR) is 141 cm³/mol. The minimum absolute atomic E-state index is 0.288. The van der Waals surface area contributed by atoms with Gasteiger partial charge in [0.25, 0.3) is 0 Å². The fourth-order valence-electron chi connectivity index (χ4n) is 6.11. The maximum atomic E-state index is 2.47. The Bertz CT molecular complexity index is 1520. The highest BCUT2D eigenvalue weighted by Gasteiger charge is 2.49. The minimum atomic E-state index is -0.288. The van der Waals surface area contributed by atoms with Gasteiger partial charge in [0.15, 0.2) is 0 Å². The van der Waals surface area contributed by atoms with Crippen LogP contribution in [-0.2, 0) is 5.41 Å². The Hall–Kier alpha value is -2.85. The third kappa shape index (κ3) is 2.07. The number of fused-ring (bicyclic) bond motifs is 9. The lowest BCUT2D eigenvalue weighted by atomic mass is 9.61. The van der Waals surface area contributed by atoms with Gasteiger partial charge in [-0.2, -0.15) is 0 Å². The van der Waals surface area contributed by atoms with Crippen molar-refractivity contribution in [3.63, 3.8) is 0 Å². The molecular formula is C29H18BI. The topological polar surface area (TPSA) is 0 Å². The molecule has 0 amide bonds. The Kier molecular flexibility index (Phi) is 3.51. The standard InChI is InChI=1S/C29H18BI/c30-27-15-14-21-20-13-12-17(31)16-26(20)29(25-11-5-8-22(27)28(21)25)23-9-3-1-6-18(23)19-7-2-4-10-24(19)29/h1-16H,30H2. The van der Waals surface area contributed by atoms with Crippen LogP contribution in [-0.4, -0.2) is 7.85 Å². The average molecular weight is 504 g/mol. The molecule has 2 heteroatoms. The lowest BCUT2D eigenvalue weighted by molar-refractivity contribution is 0.773. The zero-order chi connectivity index (χ0) is 20.7. The van der Waals surface area contributed by atoms with E-state index < -0.39 is 0 Å². The number of halogens is 1. The SMILES string of the molecule is Bc1ccc2c3c(cccc13)C1(c3ccccc3-c3ccccc31)c1cc(I)ccc1-2. The maximum Gasteiger partial charge on any atom is 0.140 e. The Morgan fingerprint density at radius 3 is 1.90 bits per heavy atom. The number of rotatable bonds is 0. The second-order valence-corrected chi connectivity index (χ2v) is 9.93. The predicted octanol–water partition coefficient (Wildman–Crippen LogP) is 6.05. The van der Waals surface area contributed by atoms with Crippen LogP contribution in [0.5, 0.6) is 0 Å².